The summed E-state index contributed by atoms with van der Waals surface area (Å²) in [6.45, 7) is 0.675. The fourth-order valence-corrected chi connectivity index (χ4v) is 3.70. The minimum Gasteiger partial charge on any atom is -0.261 e. The predicted octanol–water partition coefficient (Wildman–Crippen LogP) is 6.58. The molecule has 160 valence electrons. The highest BCUT2D eigenvalue weighted by molar-refractivity contribution is 5.89. The number of nitrogens with zero attached hydrogens (tertiary/aromatic N) is 4. The van der Waals surface area contributed by atoms with Crippen LogP contribution in [0.15, 0.2) is 133 Å². The molecule has 0 amide bonds. The molecule has 4 aromatic carbocycles. The molecule has 0 fully saturated rings. The number of para-hydroxylation sites is 2. The van der Waals surface area contributed by atoms with Crippen molar-refractivity contribution in [2.45, 2.75) is 6.54 Å². The van der Waals surface area contributed by atoms with Crippen LogP contribution in [-0.4, -0.2) is 16.0 Å². The average molecular weight is 429 g/mol. The zero-order valence-corrected chi connectivity index (χ0v) is 18.2. The SMILES string of the molecule is C(=N/N(Cc1ccccc1)c1ccccc1)/c1cn(-c2ccccc2)nc1-c1ccccc1. The van der Waals surface area contributed by atoms with Gasteiger partial charge < -0.3 is 0 Å². The average Bonchev–Trinajstić information content (AvgIpc) is 3.33. The number of anilines is 1. The van der Waals surface area contributed by atoms with Gasteiger partial charge in [0.1, 0.15) is 5.69 Å². The van der Waals surface area contributed by atoms with E-state index in [-0.39, 0.29) is 0 Å². The normalized spacial score (nSPS) is 11.0. The van der Waals surface area contributed by atoms with Crippen molar-refractivity contribution in [3.63, 3.8) is 0 Å². The second-order valence-electron chi connectivity index (χ2n) is 7.70. The summed E-state index contributed by atoms with van der Waals surface area (Å²) in [4.78, 5) is 0. The summed E-state index contributed by atoms with van der Waals surface area (Å²) in [6, 6.07) is 41.0. The van der Waals surface area contributed by atoms with E-state index in [4.69, 9.17) is 10.2 Å². The Kier molecular flexibility index (Phi) is 6.07. The van der Waals surface area contributed by atoms with Crippen molar-refractivity contribution in [3.8, 4) is 16.9 Å². The van der Waals surface area contributed by atoms with Crippen LogP contribution in [0.5, 0.6) is 0 Å². The Bertz CT molecular complexity index is 1310. The molecule has 5 aromatic rings. The predicted molar refractivity (Wildman–Crippen MR) is 136 cm³/mol. The summed E-state index contributed by atoms with van der Waals surface area (Å²) in [7, 11) is 0. The molecule has 0 saturated heterocycles. The molecule has 1 heterocycles. The van der Waals surface area contributed by atoms with Crippen molar-refractivity contribution in [1.29, 1.82) is 0 Å². The Labute approximate surface area is 194 Å². The molecule has 0 unspecified atom stereocenters. The minimum atomic E-state index is 0.675. The van der Waals surface area contributed by atoms with Gasteiger partial charge in [0, 0.05) is 17.3 Å². The van der Waals surface area contributed by atoms with Crippen LogP contribution < -0.4 is 5.01 Å². The Balaban J connectivity index is 1.54. The number of benzene rings is 4. The molecule has 1 aromatic heterocycles. The van der Waals surface area contributed by atoms with Crippen LogP contribution in [0.1, 0.15) is 11.1 Å². The van der Waals surface area contributed by atoms with Gasteiger partial charge in [-0.15, -0.1) is 0 Å². The molecular formula is C29H24N4. The molecule has 33 heavy (non-hydrogen) atoms. The van der Waals surface area contributed by atoms with Gasteiger partial charge in [0.05, 0.1) is 24.1 Å². The van der Waals surface area contributed by atoms with E-state index < -0.39 is 0 Å². The van der Waals surface area contributed by atoms with Gasteiger partial charge in [-0.3, -0.25) is 5.01 Å². The standard InChI is InChI=1S/C29H24N4/c1-5-13-24(14-6-1)22-32(27-17-9-3-10-18-27)30-21-26-23-33(28-19-11-4-12-20-28)31-29(26)25-15-7-2-8-16-25/h1-21,23H,22H2/b30-21-. The van der Waals surface area contributed by atoms with E-state index >= 15 is 0 Å². The van der Waals surface area contributed by atoms with Crippen molar-refractivity contribution in [3.05, 3.63) is 139 Å². The molecule has 5 rings (SSSR count). The van der Waals surface area contributed by atoms with Crippen molar-refractivity contribution in [1.82, 2.24) is 9.78 Å². The summed E-state index contributed by atoms with van der Waals surface area (Å²) in [6.07, 6.45) is 3.94. The lowest BCUT2D eigenvalue weighted by Crippen LogP contribution is -2.16. The minimum absolute atomic E-state index is 0.675. The summed E-state index contributed by atoms with van der Waals surface area (Å²) >= 11 is 0. The fraction of sp³-hybridized carbons (Fsp3) is 0.0345. The highest BCUT2D eigenvalue weighted by Crippen LogP contribution is 2.23. The number of aromatic nitrogens is 2. The summed E-state index contributed by atoms with van der Waals surface area (Å²) in [5.74, 6) is 0. The van der Waals surface area contributed by atoms with Gasteiger partial charge in [0.2, 0.25) is 0 Å². The van der Waals surface area contributed by atoms with Crippen molar-refractivity contribution >= 4 is 11.9 Å². The molecule has 4 nitrogen and oxygen atoms in total. The molecule has 0 bridgehead atoms. The second kappa shape index (κ2) is 9.79. The maximum Gasteiger partial charge on any atom is 0.102 e. The molecule has 0 radical (unpaired) electrons. The van der Waals surface area contributed by atoms with E-state index in [1.54, 1.807) is 0 Å². The van der Waals surface area contributed by atoms with E-state index in [2.05, 4.69) is 48.5 Å². The number of hydrogen-bond acceptors (Lipinski definition) is 3. The molecule has 0 atom stereocenters. The van der Waals surface area contributed by atoms with E-state index in [1.165, 1.54) is 5.56 Å². The second-order valence-corrected chi connectivity index (χ2v) is 7.70. The van der Waals surface area contributed by atoms with Crippen molar-refractivity contribution in [2.24, 2.45) is 5.10 Å². The van der Waals surface area contributed by atoms with Crippen LogP contribution in [0, 0.1) is 0 Å². The quantitative estimate of drug-likeness (QED) is 0.217. The van der Waals surface area contributed by atoms with Gasteiger partial charge in [0.15, 0.2) is 0 Å². The first-order valence-electron chi connectivity index (χ1n) is 11.0. The van der Waals surface area contributed by atoms with Crippen LogP contribution in [0.4, 0.5) is 5.69 Å². The third-order valence-corrected chi connectivity index (χ3v) is 5.38. The van der Waals surface area contributed by atoms with Gasteiger partial charge in [-0.1, -0.05) is 97.1 Å². The molecule has 0 spiro atoms. The van der Waals surface area contributed by atoms with E-state index in [1.807, 2.05) is 94.9 Å². The van der Waals surface area contributed by atoms with Crippen LogP contribution in [0.25, 0.3) is 16.9 Å². The van der Waals surface area contributed by atoms with Crippen LogP contribution in [-0.2, 0) is 6.54 Å². The van der Waals surface area contributed by atoms with Crippen molar-refractivity contribution < 1.29 is 0 Å². The Morgan fingerprint density at radius 2 is 1.27 bits per heavy atom. The molecule has 0 aliphatic rings. The number of hydrogen-bond donors (Lipinski definition) is 0. The first-order valence-corrected chi connectivity index (χ1v) is 11.0. The topological polar surface area (TPSA) is 33.4 Å². The van der Waals surface area contributed by atoms with Gasteiger partial charge in [0.25, 0.3) is 0 Å². The summed E-state index contributed by atoms with van der Waals surface area (Å²) < 4.78 is 1.91. The number of rotatable bonds is 7. The molecule has 0 aliphatic heterocycles. The largest absolute Gasteiger partial charge is 0.261 e. The Morgan fingerprint density at radius 3 is 1.94 bits per heavy atom. The first kappa shape index (κ1) is 20.5. The summed E-state index contributed by atoms with van der Waals surface area (Å²) in [5, 5.41) is 11.8. The van der Waals surface area contributed by atoms with Gasteiger partial charge >= 0.3 is 0 Å². The lowest BCUT2D eigenvalue weighted by molar-refractivity contribution is 0.858. The van der Waals surface area contributed by atoms with E-state index in [0.717, 1.165) is 28.2 Å². The van der Waals surface area contributed by atoms with E-state index in [9.17, 15) is 0 Å². The van der Waals surface area contributed by atoms with Gasteiger partial charge in [-0.25, -0.2) is 4.68 Å². The lowest BCUT2D eigenvalue weighted by Gasteiger charge is -2.19. The fourth-order valence-electron chi connectivity index (χ4n) is 3.70. The maximum absolute atomic E-state index is 4.91. The molecule has 0 saturated carbocycles. The summed E-state index contributed by atoms with van der Waals surface area (Å²) in [5.41, 5.74) is 6.16. The third kappa shape index (κ3) is 4.91. The Hall–Kier alpha value is -4.44. The lowest BCUT2D eigenvalue weighted by atomic mass is 10.1. The van der Waals surface area contributed by atoms with Crippen LogP contribution in [0.3, 0.4) is 0 Å². The zero-order chi connectivity index (χ0) is 22.3. The monoisotopic (exact) mass is 428 g/mol. The molecular weight excluding hydrogens is 404 g/mol. The van der Waals surface area contributed by atoms with Crippen LogP contribution >= 0.6 is 0 Å². The Morgan fingerprint density at radius 1 is 0.697 bits per heavy atom. The van der Waals surface area contributed by atoms with Gasteiger partial charge in [-0.05, 0) is 29.8 Å². The third-order valence-electron chi connectivity index (χ3n) is 5.38. The highest BCUT2D eigenvalue weighted by Gasteiger charge is 2.12. The zero-order valence-electron chi connectivity index (χ0n) is 18.2. The van der Waals surface area contributed by atoms with Gasteiger partial charge in [-0.2, -0.15) is 10.2 Å². The molecule has 4 heteroatoms. The first-order chi connectivity index (χ1) is 16.4. The van der Waals surface area contributed by atoms with Crippen molar-refractivity contribution in [2.75, 3.05) is 5.01 Å². The number of hydrazone groups is 1. The molecule has 0 N–H and O–H groups in total. The van der Waals surface area contributed by atoms with Crippen LogP contribution in [0.2, 0.25) is 0 Å². The highest BCUT2D eigenvalue weighted by atomic mass is 15.4. The maximum atomic E-state index is 4.91. The molecule has 0 aliphatic carbocycles. The van der Waals surface area contributed by atoms with E-state index in [0.29, 0.717) is 6.54 Å². The smallest absolute Gasteiger partial charge is 0.102 e.